The van der Waals surface area contributed by atoms with Gasteiger partial charge in [0.15, 0.2) is 0 Å². The Morgan fingerprint density at radius 2 is 1.91 bits per heavy atom. The quantitative estimate of drug-likeness (QED) is 0.319. The number of aromatic amines is 1. The molecule has 1 saturated carbocycles. The number of carbonyl (C=O) groups is 1. The van der Waals surface area contributed by atoms with Crippen molar-refractivity contribution in [2.45, 2.75) is 25.7 Å². The van der Waals surface area contributed by atoms with E-state index in [0.29, 0.717) is 35.0 Å². The molecular formula is C26H26BrFN4O. The van der Waals surface area contributed by atoms with Crippen molar-refractivity contribution >= 4 is 43.6 Å². The van der Waals surface area contributed by atoms with Gasteiger partial charge in [-0.05, 0) is 74.4 Å². The largest absolute Gasteiger partial charge is 0.360 e. The lowest BCUT2D eigenvalue weighted by molar-refractivity contribution is 0.0943. The number of para-hydroxylation sites is 1. The maximum absolute atomic E-state index is 14.8. The van der Waals surface area contributed by atoms with E-state index in [1.165, 1.54) is 6.07 Å². The van der Waals surface area contributed by atoms with E-state index in [0.717, 1.165) is 53.2 Å². The van der Waals surface area contributed by atoms with E-state index in [9.17, 15) is 9.18 Å². The number of pyridine rings is 1. The first-order chi connectivity index (χ1) is 16.0. The van der Waals surface area contributed by atoms with E-state index in [2.05, 4.69) is 31.2 Å². The van der Waals surface area contributed by atoms with E-state index in [4.69, 9.17) is 5.73 Å². The first-order valence-corrected chi connectivity index (χ1v) is 12.2. The number of H-pyrrole nitrogens is 1. The lowest BCUT2D eigenvalue weighted by Crippen LogP contribution is -2.32. The topological polar surface area (TPSA) is 83.8 Å². The van der Waals surface area contributed by atoms with Crippen LogP contribution in [0.25, 0.3) is 33.1 Å². The zero-order valence-corrected chi connectivity index (χ0v) is 19.8. The highest BCUT2D eigenvalue weighted by molar-refractivity contribution is 9.10. The van der Waals surface area contributed by atoms with Crippen LogP contribution >= 0.6 is 15.9 Å². The van der Waals surface area contributed by atoms with E-state index in [-0.39, 0.29) is 11.4 Å². The minimum Gasteiger partial charge on any atom is -0.360 e. The minimum absolute atomic E-state index is 0.198. The van der Waals surface area contributed by atoms with Gasteiger partial charge in [-0.1, -0.05) is 28.1 Å². The highest BCUT2D eigenvalue weighted by atomic mass is 79.9. The standard InChI is InChI=1S/C26H26BrFN4O/c27-17-8-9-23-19(10-17)21(14-30-23)24-11-20(18-2-1-3-22(28)25(18)32-24)26(33)31-13-16-6-4-15(12-29)5-7-16/h1-3,8-11,14-16,30H,4-7,12-13,29H2,(H,31,33). The summed E-state index contributed by atoms with van der Waals surface area (Å²) in [6.07, 6.45) is 6.22. The Labute approximate surface area is 200 Å². The maximum Gasteiger partial charge on any atom is 0.252 e. The first kappa shape index (κ1) is 22.0. The van der Waals surface area contributed by atoms with Gasteiger partial charge in [0.25, 0.3) is 5.91 Å². The number of halogens is 2. The van der Waals surface area contributed by atoms with Crippen molar-refractivity contribution < 1.29 is 9.18 Å². The van der Waals surface area contributed by atoms with Gasteiger partial charge in [0.05, 0.1) is 11.3 Å². The summed E-state index contributed by atoms with van der Waals surface area (Å²) in [5.74, 6) is 0.413. The van der Waals surface area contributed by atoms with Crippen LogP contribution in [-0.2, 0) is 0 Å². The fraction of sp³-hybridized carbons (Fsp3) is 0.308. The maximum atomic E-state index is 14.8. The number of amides is 1. The average Bonchev–Trinajstić information content (AvgIpc) is 3.25. The molecule has 0 aliphatic heterocycles. The lowest BCUT2D eigenvalue weighted by atomic mass is 9.82. The Hall–Kier alpha value is -2.77. The molecule has 1 aliphatic rings. The summed E-state index contributed by atoms with van der Waals surface area (Å²) in [7, 11) is 0. The normalized spacial score (nSPS) is 18.6. The van der Waals surface area contributed by atoms with E-state index < -0.39 is 5.82 Å². The van der Waals surface area contributed by atoms with Crippen molar-refractivity contribution in [1.82, 2.24) is 15.3 Å². The van der Waals surface area contributed by atoms with Crippen molar-refractivity contribution in [3.63, 3.8) is 0 Å². The Kier molecular flexibility index (Phi) is 6.17. The predicted molar refractivity (Wildman–Crippen MR) is 134 cm³/mol. The lowest BCUT2D eigenvalue weighted by Gasteiger charge is -2.27. The molecule has 2 aromatic carbocycles. The molecule has 0 bridgehead atoms. The molecule has 5 nitrogen and oxygen atoms in total. The number of benzene rings is 2. The van der Waals surface area contributed by atoms with Crippen molar-refractivity contribution in [3.05, 3.63) is 64.5 Å². The Morgan fingerprint density at radius 1 is 1.12 bits per heavy atom. The number of carbonyl (C=O) groups excluding carboxylic acids is 1. The Morgan fingerprint density at radius 3 is 2.70 bits per heavy atom. The van der Waals surface area contributed by atoms with Gasteiger partial charge in [-0.3, -0.25) is 4.79 Å². The molecule has 0 atom stereocenters. The molecule has 0 unspecified atom stereocenters. The van der Waals surface area contributed by atoms with Gasteiger partial charge in [-0.2, -0.15) is 0 Å². The van der Waals surface area contributed by atoms with Gasteiger partial charge in [-0.15, -0.1) is 0 Å². The SMILES string of the molecule is NCC1CCC(CNC(=O)c2cc(-c3c[nH]c4ccc(Br)cc34)nc3c(F)cccc23)CC1. The second kappa shape index (κ2) is 9.23. The third-order valence-corrected chi connectivity index (χ3v) is 7.30. The first-order valence-electron chi connectivity index (χ1n) is 11.4. The van der Waals surface area contributed by atoms with Crippen LogP contribution in [0.2, 0.25) is 0 Å². The van der Waals surface area contributed by atoms with E-state index in [1.54, 1.807) is 18.2 Å². The molecule has 5 rings (SSSR count). The number of rotatable bonds is 5. The Balaban J connectivity index is 1.49. The molecule has 170 valence electrons. The number of aromatic nitrogens is 2. The molecule has 0 saturated heterocycles. The van der Waals surface area contributed by atoms with Crippen LogP contribution in [0.4, 0.5) is 4.39 Å². The van der Waals surface area contributed by atoms with Crippen LogP contribution in [-0.4, -0.2) is 29.0 Å². The predicted octanol–water partition coefficient (Wildman–Crippen LogP) is 5.78. The summed E-state index contributed by atoms with van der Waals surface area (Å²) < 4.78 is 15.7. The highest BCUT2D eigenvalue weighted by Crippen LogP contribution is 2.33. The number of hydrogen-bond acceptors (Lipinski definition) is 3. The highest BCUT2D eigenvalue weighted by Gasteiger charge is 2.22. The molecule has 0 radical (unpaired) electrons. The average molecular weight is 509 g/mol. The molecule has 4 N–H and O–H groups in total. The molecule has 7 heteroatoms. The van der Waals surface area contributed by atoms with Crippen molar-refractivity contribution in [2.24, 2.45) is 17.6 Å². The van der Waals surface area contributed by atoms with Crippen LogP contribution in [0.15, 0.2) is 53.1 Å². The smallest absolute Gasteiger partial charge is 0.252 e. The zero-order chi connectivity index (χ0) is 22.9. The summed E-state index contributed by atoms with van der Waals surface area (Å²) in [5, 5.41) is 4.57. The van der Waals surface area contributed by atoms with Gasteiger partial charge in [-0.25, -0.2) is 9.37 Å². The van der Waals surface area contributed by atoms with Gasteiger partial charge < -0.3 is 16.0 Å². The van der Waals surface area contributed by atoms with Crippen molar-refractivity contribution in [3.8, 4) is 11.3 Å². The molecule has 0 spiro atoms. The monoisotopic (exact) mass is 508 g/mol. The van der Waals surface area contributed by atoms with Gasteiger partial charge >= 0.3 is 0 Å². The van der Waals surface area contributed by atoms with Crippen LogP contribution in [0.3, 0.4) is 0 Å². The zero-order valence-electron chi connectivity index (χ0n) is 18.2. The number of nitrogens with one attached hydrogen (secondary N) is 2. The van der Waals surface area contributed by atoms with E-state index >= 15 is 0 Å². The number of hydrogen-bond donors (Lipinski definition) is 3. The number of nitrogens with two attached hydrogens (primary N) is 1. The second-order valence-electron chi connectivity index (χ2n) is 8.92. The molecular weight excluding hydrogens is 483 g/mol. The summed E-state index contributed by atoms with van der Waals surface area (Å²) in [5.41, 5.74) is 8.77. The Bertz CT molecular complexity index is 1330. The third-order valence-electron chi connectivity index (χ3n) is 6.81. The summed E-state index contributed by atoms with van der Waals surface area (Å²) in [4.78, 5) is 21.1. The van der Waals surface area contributed by atoms with Crippen LogP contribution in [0.1, 0.15) is 36.0 Å². The summed E-state index contributed by atoms with van der Waals surface area (Å²) in [6, 6.07) is 12.4. The molecule has 4 aromatic rings. The molecule has 1 fully saturated rings. The third kappa shape index (κ3) is 4.39. The minimum atomic E-state index is -0.440. The van der Waals surface area contributed by atoms with E-state index in [1.807, 2.05) is 24.4 Å². The molecule has 2 aromatic heterocycles. The fourth-order valence-electron chi connectivity index (χ4n) is 4.85. The summed E-state index contributed by atoms with van der Waals surface area (Å²) in [6.45, 7) is 1.35. The fourth-order valence-corrected chi connectivity index (χ4v) is 5.21. The number of fused-ring (bicyclic) bond motifs is 2. The molecule has 1 amide bonds. The number of nitrogens with zero attached hydrogens (tertiary/aromatic N) is 1. The van der Waals surface area contributed by atoms with Gasteiger partial charge in [0, 0.05) is 39.1 Å². The van der Waals surface area contributed by atoms with Crippen molar-refractivity contribution in [1.29, 1.82) is 0 Å². The van der Waals surface area contributed by atoms with Crippen LogP contribution in [0.5, 0.6) is 0 Å². The molecule has 33 heavy (non-hydrogen) atoms. The van der Waals surface area contributed by atoms with Crippen LogP contribution in [0, 0.1) is 17.7 Å². The van der Waals surface area contributed by atoms with Crippen LogP contribution < -0.4 is 11.1 Å². The second-order valence-corrected chi connectivity index (χ2v) is 9.83. The van der Waals surface area contributed by atoms with Gasteiger partial charge in [0.2, 0.25) is 0 Å². The molecule has 2 heterocycles. The van der Waals surface area contributed by atoms with Gasteiger partial charge in [0.1, 0.15) is 11.3 Å². The summed E-state index contributed by atoms with van der Waals surface area (Å²) >= 11 is 3.51. The molecule has 1 aliphatic carbocycles. The van der Waals surface area contributed by atoms with Crippen molar-refractivity contribution in [2.75, 3.05) is 13.1 Å².